The van der Waals surface area contributed by atoms with Gasteiger partial charge in [0.2, 0.25) is 5.56 Å². The Morgan fingerprint density at radius 1 is 1.29 bits per heavy atom. The first-order chi connectivity index (χ1) is 7.97. The molecule has 1 heterocycles. The van der Waals surface area contributed by atoms with Crippen molar-refractivity contribution >= 4 is 16.9 Å². The number of nitrogens with one attached hydrogen (secondary N) is 1. The van der Waals surface area contributed by atoms with Crippen molar-refractivity contribution in [2.24, 2.45) is 0 Å². The molecule has 1 aromatic carbocycles. The van der Waals surface area contributed by atoms with Crippen LogP contribution in [0.5, 0.6) is 0 Å². The molecule has 4 heteroatoms. The number of H-pyrrole nitrogens is 1. The average Bonchev–Trinajstić information content (AvgIpc) is 2.13. The number of aromatic amines is 1. The van der Waals surface area contributed by atoms with Crippen molar-refractivity contribution in [3.63, 3.8) is 0 Å². The van der Waals surface area contributed by atoms with Crippen LogP contribution in [0.1, 0.15) is 16.7 Å². The van der Waals surface area contributed by atoms with Crippen molar-refractivity contribution in [3.8, 4) is 0 Å². The number of aryl methyl sites for hydroxylation is 2. The largest absolute Gasteiger partial charge is 0.481 e. The maximum absolute atomic E-state index is 11.5. The van der Waals surface area contributed by atoms with Crippen LogP contribution in [0.4, 0.5) is 0 Å². The molecule has 4 nitrogen and oxygen atoms in total. The monoisotopic (exact) mass is 231 g/mol. The zero-order chi connectivity index (χ0) is 12.6. The third kappa shape index (κ3) is 2.20. The molecular formula is C13H13NO3. The van der Waals surface area contributed by atoms with E-state index in [2.05, 4.69) is 4.98 Å². The quantitative estimate of drug-likeness (QED) is 0.827. The molecule has 0 unspecified atom stereocenters. The lowest BCUT2D eigenvalue weighted by Crippen LogP contribution is -2.10. The van der Waals surface area contributed by atoms with Crippen LogP contribution in [-0.2, 0) is 11.2 Å². The van der Waals surface area contributed by atoms with Crippen molar-refractivity contribution in [2.45, 2.75) is 20.3 Å². The van der Waals surface area contributed by atoms with Crippen LogP contribution >= 0.6 is 0 Å². The number of benzene rings is 1. The molecule has 0 aliphatic rings. The van der Waals surface area contributed by atoms with Gasteiger partial charge >= 0.3 is 5.97 Å². The van der Waals surface area contributed by atoms with Gasteiger partial charge in [-0.3, -0.25) is 9.59 Å². The number of aromatic nitrogens is 1. The number of hydrogen-bond acceptors (Lipinski definition) is 2. The summed E-state index contributed by atoms with van der Waals surface area (Å²) in [6.45, 7) is 3.85. The Bertz CT molecular complexity index is 655. The molecule has 17 heavy (non-hydrogen) atoms. The third-order valence-electron chi connectivity index (χ3n) is 2.71. The van der Waals surface area contributed by atoms with Crippen LogP contribution in [0.15, 0.2) is 23.0 Å². The van der Waals surface area contributed by atoms with E-state index in [1.807, 2.05) is 26.0 Å². The van der Waals surface area contributed by atoms with Gasteiger partial charge in [0.05, 0.1) is 6.42 Å². The highest BCUT2D eigenvalue weighted by atomic mass is 16.4. The van der Waals surface area contributed by atoms with Gasteiger partial charge in [-0.05, 0) is 36.6 Å². The SMILES string of the molecule is Cc1cc(C)c2c(CC(=O)O)cc(=O)[nH]c2c1. The highest BCUT2D eigenvalue weighted by Crippen LogP contribution is 2.21. The van der Waals surface area contributed by atoms with Crippen molar-refractivity contribution in [1.82, 2.24) is 4.98 Å². The Morgan fingerprint density at radius 2 is 2.00 bits per heavy atom. The number of aliphatic carboxylic acids is 1. The van der Waals surface area contributed by atoms with Crippen LogP contribution in [0, 0.1) is 13.8 Å². The Kier molecular flexibility index (Phi) is 2.71. The lowest BCUT2D eigenvalue weighted by Gasteiger charge is -2.08. The third-order valence-corrected chi connectivity index (χ3v) is 2.71. The summed E-state index contributed by atoms with van der Waals surface area (Å²) < 4.78 is 0. The smallest absolute Gasteiger partial charge is 0.307 e. The number of carboxylic acids is 1. The molecule has 0 fully saturated rings. The van der Waals surface area contributed by atoms with Crippen LogP contribution in [0.2, 0.25) is 0 Å². The summed E-state index contributed by atoms with van der Waals surface area (Å²) >= 11 is 0. The molecular weight excluding hydrogens is 218 g/mol. The average molecular weight is 231 g/mol. The van der Waals surface area contributed by atoms with Gasteiger partial charge in [-0.1, -0.05) is 6.07 Å². The lowest BCUT2D eigenvalue weighted by molar-refractivity contribution is -0.136. The van der Waals surface area contributed by atoms with Crippen molar-refractivity contribution in [3.05, 3.63) is 45.2 Å². The summed E-state index contributed by atoms with van der Waals surface area (Å²) in [6, 6.07) is 5.19. The highest BCUT2D eigenvalue weighted by Gasteiger charge is 2.10. The van der Waals surface area contributed by atoms with E-state index in [0.717, 1.165) is 16.5 Å². The van der Waals surface area contributed by atoms with Crippen LogP contribution < -0.4 is 5.56 Å². The van der Waals surface area contributed by atoms with E-state index in [9.17, 15) is 9.59 Å². The second-order valence-electron chi connectivity index (χ2n) is 4.23. The molecule has 0 spiro atoms. The minimum atomic E-state index is -0.933. The van der Waals surface area contributed by atoms with Crippen molar-refractivity contribution in [2.75, 3.05) is 0 Å². The van der Waals surface area contributed by atoms with Gasteiger partial charge in [-0.15, -0.1) is 0 Å². The molecule has 1 aromatic heterocycles. The van der Waals surface area contributed by atoms with E-state index in [1.54, 1.807) is 0 Å². The lowest BCUT2D eigenvalue weighted by atomic mass is 10.00. The molecule has 2 N–H and O–H groups in total. The zero-order valence-corrected chi connectivity index (χ0v) is 9.70. The standard InChI is InChI=1S/C13H13NO3/c1-7-3-8(2)13-9(6-12(16)17)5-11(15)14-10(13)4-7/h3-5H,6H2,1-2H3,(H,14,15)(H,16,17). The first-order valence-corrected chi connectivity index (χ1v) is 5.32. The Balaban J connectivity index is 2.82. The zero-order valence-electron chi connectivity index (χ0n) is 9.70. The molecule has 0 aliphatic carbocycles. The first kappa shape index (κ1) is 11.4. The van der Waals surface area contributed by atoms with Gasteiger partial charge in [0, 0.05) is 17.0 Å². The van der Waals surface area contributed by atoms with Crippen LogP contribution in [0.25, 0.3) is 10.9 Å². The number of hydrogen-bond donors (Lipinski definition) is 2. The summed E-state index contributed by atoms with van der Waals surface area (Å²) in [5, 5.41) is 9.68. The fraction of sp³-hybridized carbons (Fsp3) is 0.231. The second kappa shape index (κ2) is 4.05. The van der Waals surface area contributed by atoms with E-state index >= 15 is 0 Å². The van der Waals surface area contributed by atoms with Gasteiger partial charge in [0.25, 0.3) is 0 Å². The van der Waals surface area contributed by atoms with Gasteiger partial charge in [-0.2, -0.15) is 0 Å². The van der Waals surface area contributed by atoms with E-state index in [4.69, 9.17) is 5.11 Å². The molecule has 0 radical (unpaired) electrons. The topological polar surface area (TPSA) is 70.2 Å². The molecule has 0 atom stereocenters. The highest BCUT2D eigenvalue weighted by molar-refractivity contribution is 5.89. The maximum Gasteiger partial charge on any atom is 0.307 e. The fourth-order valence-electron chi connectivity index (χ4n) is 2.19. The number of fused-ring (bicyclic) bond motifs is 1. The predicted molar refractivity (Wildman–Crippen MR) is 65.4 cm³/mol. The molecule has 2 aromatic rings. The van der Waals surface area contributed by atoms with Crippen molar-refractivity contribution < 1.29 is 9.90 Å². The van der Waals surface area contributed by atoms with E-state index < -0.39 is 5.97 Å². The first-order valence-electron chi connectivity index (χ1n) is 5.32. The van der Waals surface area contributed by atoms with Gasteiger partial charge in [0.15, 0.2) is 0 Å². The Labute approximate surface area is 97.9 Å². The van der Waals surface area contributed by atoms with Gasteiger partial charge in [0.1, 0.15) is 0 Å². The van der Waals surface area contributed by atoms with Crippen molar-refractivity contribution in [1.29, 1.82) is 0 Å². The predicted octanol–water partition coefficient (Wildman–Crippen LogP) is 1.77. The van der Waals surface area contributed by atoms with Gasteiger partial charge < -0.3 is 10.1 Å². The molecule has 0 amide bonds. The normalized spacial score (nSPS) is 10.7. The Morgan fingerprint density at radius 3 is 2.65 bits per heavy atom. The number of pyridine rings is 1. The summed E-state index contributed by atoms with van der Waals surface area (Å²) in [5.74, 6) is -0.933. The summed E-state index contributed by atoms with van der Waals surface area (Å²) in [4.78, 5) is 25.0. The molecule has 0 saturated carbocycles. The number of carbonyl (C=O) groups is 1. The molecule has 0 bridgehead atoms. The maximum atomic E-state index is 11.5. The fourth-order valence-corrected chi connectivity index (χ4v) is 2.19. The van der Waals surface area contributed by atoms with E-state index in [-0.39, 0.29) is 12.0 Å². The molecule has 0 saturated heterocycles. The number of carboxylic acid groups (broad SMARTS) is 1. The number of rotatable bonds is 2. The summed E-state index contributed by atoms with van der Waals surface area (Å²) in [7, 11) is 0. The van der Waals surface area contributed by atoms with Crippen LogP contribution in [-0.4, -0.2) is 16.1 Å². The Hall–Kier alpha value is -2.10. The van der Waals surface area contributed by atoms with Crippen LogP contribution in [0.3, 0.4) is 0 Å². The molecule has 2 rings (SSSR count). The minimum Gasteiger partial charge on any atom is -0.481 e. The van der Waals surface area contributed by atoms with E-state index in [1.165, 1.54) is 6.07 Å². The second-order valence-corrected chi connectivity index (χ2v) is 4.23. The minimum absolute atomic E-state index is 0.135. The molecule has 0 aliphatic heterocycles. The summed E-state index contributed by atoms with van der Waals surface area (Å²) in [6.07, 6.45) is -0.135. The molecule has 88 valence electrons. The van der Waals surface area contributed by atoms with Gasteiger partial charge in [-0.25, -0.2) is 0 Å². The summed E-state index contributed by atoms with van der Waals surface area (Å²) in [5.41, 5.74) is 3.02. The van der Waals surface area contributed by atoms with E-state index in [0.29, 0.717) is 11.1 Å².